The van der Waals surface area contributed by atoms with Crippen LogP contribution >= 0.6 is 11.8 Å². The highest BCUT2D eigenvalue weighted by Crippen LogP contribution is 2.37. The van der Waals surface area contributed by atoms with Crippen molar-refractivity contribution in [3.05, 3.63) is 123 Å². The molecular formula is C38H37F3O8S. The van der Waals surface area contributed by atoms with Crippen molar-refractivity contribution in [3.8, 4) is 11.5 Å². The summed E-state index contributed by atoms with van der Waals surface area (Å²) in [7, 11) is 0. The van der Waals surface area contributed by atoms with Crippen molar-refractivity contribution in [1.82, 2.24) is 0 Å². The zero-order valence-electron chi connectivity index (χ0n) is 27.4. The number of thioether (sulfide) groups is 1. The summed E-state index contributed by atoms with van der Waals surface area (Å²) in [4.78, 5) is 36.0. The van der Waals surface area contributed by atoms with E-state index in [4.69, 9.17) is 9.15 Å². The first-order valence-electron chi connectivity index (χ1n) is 15.9. The molecule has 0 saturated heterocycles. The van der Waals surface area contributed by atoms with Crippen molar-refractivity contribution in [2.45, 2.75) is 68.4 Å². The van der Waals surface area contributed by atoms with E-state index in [1.54, 1.807) is 36.4 Å². The summed E-state index contributed by atoms with van der Waals surface area (Å²) in [6.45, 7) is 3.78. The summed E-state index contributed by atoms with van der Waals surface area (Å²) in [5.74, 6) is -1.66. The van der Waals surface area contributed by atoms with Crippen LogP contribution in [0.1, 0.15) is 83.2 Å². The number of benzene rings is 3. The summed E-state index contributed by atoms with van der Waals surface area (Å²) in [5.41, 5.74) is -0.485. The smallest absolute Gasteiger partial charge is 0.416 e. The molecule has 4 rings (SSSR count). The first kappa shape index (κ1) is 38.0. The maximum atomic E-state index is 13.4. The number of allylic oxidation sites excluding steroid dienone is 3. The number of ether oxygens (including phenoxy) is 1. The molecule has 3 aromatic carbocycles. The molecule has 0 aliphatic rings. The van der Waals surface area contributed by atoms with Gasteiger partial charge in [0.25, 0.3) is 0 Å². The van der Waals surface area contributed by atoms with Crippen molar-refractivity contribution in [2.24, 2.45) is 0 Å². The molecule has 0 radical (unpaired) electrons. The largest absolute Gasteiger partial charge is 0.507 e. The number of ketones is 1. The summed E-state index contributed by atoms with van der Waals surface area (Å²) >= 11 is 1.11. The number of Topliss-reactive ketones (excluding diaryl/α,β-unsaturated/α-hetero) is 1. The lowest BCUT2D eigenvalue weighted by molar-refractivity contribution is -0.137. The van der Waals surface area contributed by atoms with Crippen molar-refractivity contribution in [2.75, 3.05) is 6.61 Å². The zero-order chi connectivity index (χ0) is 36.4. The maximum Gasteiger partial charge on any atom is 0.416 e. The minimum atomic E-state index is -4.60. The fourth-order valence-electron chi connectivity index (χ4n) is 5.19. The molecule has 2 atom stereocenters. The summed E-state index contributed by atoms with van der Waals surface area (Å²) in [6, 6.07) is 13.1. The number of carbonyl (C=O) groups is 2. The van der Waals surface area contributed by atoms with E-state index in [0.717, 1.165) is 42.8 Å². The number of aliphatic hydroxyl groups excluding tert-OH is 1. The number of rotatable bonds is 16. The fourth-order valence-corrected chi connectivity index (χ4v) is 6.28. The Morgan fingerprint density at radius 2 is 1.82 bits per heavy atom. The monoisotopic (exact) mass is 710 g/mol. The number of aromatic hydroxyl groups is 1. The number of carboxylic acid groups (broad SMARTS) is 1. The van der Waals surface area contributed by atoms with Gasteiger partial charge in [-0.25, -0.2) is 4.79 Å². The molecule has 0 saturated carbocycles. The topological polar surface area (TPSA) is 134 Å². The van der Waals surface area contributed by atoms with Crippen LogP contribution in [0.25, 0.3) is 11.0 Å². The average Bonchev–Trinajstić information content (AvgIpc) is 3.07. The second-order valence-corrected chi connectivity index (χ2v) is 12.7. The second-order valence-electron chi connectivity index (χ2n) is 11.5. The van der Waals surface area contributed by atoms with Gasteiger partial charge in [-0.15, -0.1) is 11.8 Å². The van der Waals surface area contributed by atoms with Crippen molar-refractivity contribution in [1.29, 1.82) is 0 Å². The lowest BCUT2D eigenvalue weighted by atomic mass is 10.0. The number of carboxylic acids is 1. The number of halogens is 3. The third-order valence-electron chi connectivity index (χ3n) is 7.74. The van der Waals surface area contributed by atoms with E-state index >= 15 is 0 Å². The maximum absolute atomic E-state index is 13.4. The van der Waals surface area contributed by atoms with Crippen LogP contribution in [-0.2, 0) is 12.6 Å². The Bertz CT molecular complexity index is 1950. The van der Waals surface area contributed by atoms with Crippen LogP contribution in [0.2, 0.25) is 0 Å². The standard InChI is InChI=1S/C38H37F3O8S/c1-3-11-29-31(18-17-27(23(2)42)36(29)45)48-19-9-7-5-4-6-8-14-34(35(44)24-12-10-13-25(20-24)38(39,40)41)50-26-15-16-28-30(43)22-33(37(46)47)49-32(28)21-26/h4,6,8,10,12-18,20-22,34-35,44-45H,3,5,7,9,11,19H2,1-2H3,(H,46,47)/b6-4+,14-8+/t34-,35+/m0/s1. The molecule has 3 N–H and O–H groups in total. The number of phenolic OH excluding ortho intramolecular Hbond substituents is 1. The highest BCUT2D eigenvalue weighted by atomic mass is 32.2. The number of unbranched alkanes of at least 4 members (excludes halogenated alkanes) is 2. The van der Waals surface area contributed by atoms with Gasteiger partial charge in [0.15, 0.2) is 11.2 Å². The molecule has 0 amide bonds. The number of alkyl halides is 3. The number of aliphatic hydroxyl groups is 1. The van der Waals surface area contributed by atoms with Gasteiger partial charge in [-0.2, -0.15) is 13.2 Å². The Morgan fingerprint density at radius 1 is 1.04 bits per heavy atom. The number of hydrogen-bond donors (Lipinski definition) is 3. The van der Waals surface area contributed by atoms with Crippen LogP contribution in [0.4, 0.5) is 13.2 Å². The first-order chi connectivity index (χ1) is 23.8. The van der Waals surface area contributed by atoms with Gasteiger partial charge in [0, 0.05) is 16.5 Å². The van der Waals surface area contributed by atoms with Crippen LogP contribution in [0.15, 0.2) is 99.1 Å². The molecule has 0 fully saturated rings. The van der Waals surface area contributed by atoms with Crippen LogP contribution < -0.4 is 10.2 Å². The van der Waals surface area contributed by atoms with Gasteiger partial charge >= 0.3 is 12.1 Å². The van der Waals surface area contributed by atoms with Crippen molar-refractivity contribution >= 4 is 34.5 Å². The van der Waals surface area contributed by atoms with Gasteiger partial charge < -0.3 is 24.5 Å². The minimum absolute atomic E-state index is 0.0199. The zero-order valence-corrected chi connectivity index (χ0v) is 28.2. The van der Waals surface area contributed by atoms with Crippen LogP contribution in [0.5, 0.6) is 11.5 Å². The second kappa shape index (κ2) is 17.2. The van der Waals surface area contributed by atoms with Gasteiger partial charge in [0.1, 0.15) is 17.1 Å². The Morgan fingerprint density at radius 3 is 2.52 bits per heavy atom. The SMILES string of the molecule is CCCc1c(OCCCC/C=C/C=C/[C@H](Sc2ccc3c(=O)cc(C(=O)O)oc3c2)[C@H](O)c2cccc(C(F)(F)F)c2)ccc(C(C)=O)c1O. The third kappa shape index (κ3) is 9.88. The Labute approximate surface area is 290 Å². The quantitative estimate of drug-likeness (QED) is 0.0451. The molecule has 1 heterocycles. The van der Waals surface area contributed by atoms with Gasteiger partial charge in [0.05, 0.1) is 34.5 Å². The van der Waals surface area contributed by atoms with Crippen LogP contribution in [0, 0.1) is 0 Å². The number of carbonyl (C=O) groups excluding carboxylic acids is 1. The van der Waals surface area contributed by atoms with Gasteiger partial charge in [-0.05, 0) is 80.6 Å². The number of hydrogen-bond acceptors (Lipinski definition) is 8. The molecule has 0 aliphatic heterocycles. The molecule has 8 nitrogen and oxygen atoms in total. The average molecular weight is 711 g/mol. The summed E-state index contributed by atoms with van der Waals surface area (Å²) in [6.07, 6.45) is 4.56. The predicted molar refractivity (Wildman–Crippen MR) is 185 cm³/mol. The Hall–Kier alpha value is -4.81. The number of phenols is 1. The number of fused-ring (bicyclic) bond motifs is 1. The molecule has 264 valence electrons. The summed E-state index contributed by atoms with van der Waals surface area (Å²) < 4.78 is 51.6. The Balaban J connectivity index is 1.44. The van der Waals surface area contributed by atoms with E-state index in [2.05, 4.69) is 0 Å². The van der Waals surface area contributed by atoms with E-state index in [1.807, 2.05) is 13.0 Å². The molecule has 1 aromatic heterocycles. The van der Waals surface area contributed by atoms with Gasteiger partial charge in [0.2, 0.25) is 5.76 Å². The van der Waals surface area contributed by atoms with Crippen LogP contribution in [-0.4, -0.2) is 38.9 Å². The van der Waals surface area contributed by atoms with E-state index in [-0.39, 0.29) is 33.6 Å². The van der Waals surface area contributed by atoms with Gasteiger partial charge in [-0.1, -0.05) is 49.8 Å². The van der Waals surface area contributed by atoms with Crippen molar-refractivity contribution < 1.29 is 47.2 Å². The van der Waals surface area contributed by atoms with E-state index in [0.29, 0.717) is 42.1 Å². The molecular weight excluding hydrogens is 673 g/mol. The normalized spacial score (nSPS) is 13.2. The van der Waals surface area contributed by atoms with Crippen molar-refractivity contribution in [3.63, 3.8) is 0 Å². The molecule has 0 aliphatic carbocycles. The molecule has 4 aromatic rings. The fraction of sp³-hybridized carbons (Fsp3) is 0.289. The van der Waals surface area contributed by atoms with E-state index in [1.165, 1.54) is 31.2 Å². The highest BCUT2D eigenvalue weighted by Gasteiger charge is 2.31. The van der Waals surface area contributed by atoms with E-state index in [9.17, 15) is 42.9 Å². The molecule has 12 heteroatoms. The molecule has 50 heavy (non-hydrogen) atoms. The summed E-state index contributed by atoms with van der Waals surface area (Å²) in [5, 5.41) is 30.4. The minimum Gasteiger partial charge on any atom is -0.507 e. The lowest BCUT2D eigenvalue weighted by Crippen LogP contribution is -2.14. The number of aromatic carboxylic acids is 1. The molecule has 0 spiro atoms. The Kier molecular flexibility index (Phi) is 13.1. The third-order valence-corrected chi connectivity index (χ3v) is 8.95. The first-order valence-corrected chi connectivity index (χ1v) is 16.8. The highest BCUT2D eigenvalue weighted by molar-refractivity contribution is 8.00. The van der Waals surface area contributed by atoms with Crippen LogP contribution in [0.3, 0.4) is 0 Å². The lowest BCUT2D eigenvalue weighted by Gasteiger charge is -2.21. The predicted octanol–water partition coefficient (Wildman–Crippen LogP) is 8.93. The van der Waals surface area contributed by atoms with E-state index < -0.39 is 40.3 Å². The molecule has 0 bridgehead atoms. The molecule has 0 unspecified atom stereocenters. The van der Waals surface area contributed by atoms with Gasteiger partial charge in [-0.3, -0.25) is 9.59 Å².